The Labute approximate surface area is 110 Å². The summed E-state index contributed by atoms with van der Waals surface area (Å²) < 4.78 is 26.6. The van der Waals surface area contributed by atoms with Crippen LogP contribution in [-0.4, -0.2) is 18.4 Å². The Morgan fingerprint density at radius 3 is 2.61 bits per heavy atom. The van der Waals surface area contributed by atoms with Gasteiger partial charge in [-0.3, -0.25) is 4.72 Å². The van der Waals surface area contributed by atoms with Gasteiger partial charge in [-0.05, 0) is 18.6 Å². The molecule has 0 unspecified atom stereocenters. The van der Waals surface area contributed by atoms with Gasteiger partial charge in [-0.15, -0.1) is 0 Å². The van der Waals surface area contributed by atoms with Crippen LogP contribution in [0.2, 0.25) is 5.15 Å². The quantitative estimate of drug-likeness (QED) is 0.877. The van der Waals surface area contributed by atoms with Crippen LogP contribution in [0.15, 0.2) is 41.6 Å². The SMILES string of the molecule is Cc1ccccc1S(=O)(=O)Nc1cc(Cl)ncn1. The maximum absolute atomic E-state index is 12.1. The summed E-state index contributed by atoms with van der Waals surface area (Å²) in [5, 5.41) is 0.174. The fraction of sp³-hybridized carbons (Fsp3) is 0.0909. The number of sulfonamides is 1. The fourth-order valence-electron chi connectivity index (χ4n) is 1.44. The zero-order valence-electron chi connectivity index (χ0n) is 9.46. The number of nitrogens with one attached hydrogen (secondary N) is 1. The number of halogens is 1. The first kappa shape index (κ1) is 12.8. The Morgan fingerprint density at radius 2 is 1.94 bits per heavy atom. The van der Waals surface area contributed by atoms with Gasteiger partial charge in [0.15, 0.2) is 0 Å². The van der Waals surface area contributed by atoms with E-state index < -0.39 is 10.0 Å². The number of aryl methyl sites for hydroxylation is 1. The third-order valence-electron chi connectivity index (χ3n) is 2.26. The van der Waals surface area contributed by atoms with Gasteiger partial charge in [0.2, 0.25) is 0 Å². The van der Waals surface area contributed by atoms with E-state index in [0.717, 1.165) is 0 Å². The van der Waals surface area contributed by atoms with Crippen molar-refractivity contribution in [3.05, 3.63) is 47.4 Å². The highest BCUT2D eigenvalue weighted by atomic mass is 35.5. The lowest BCUT2D eigenvalue weighted by atomic mass is 10.2. The standard InChI is InChI=1S/C11H10ClN3O2S/c1-8-4-2-3-5-9(8)18(16,17)15-11-6-10(12)13-7-14-11/h2-7H,1H3,(H,13,14,15). The number of rotatable bonds is 3. The average molecular weight is 284 g/mol. The third kappa shape index (κ3) is 2.77. The Bertz CT molecular complexity index is 673. The van der Waals surface area contributed by atoms with Gasteiger partial charge >= 0.3 is 0 Å². The first-order chi connectivity index (χ1) is 8.49. The number of aromatic nitrogens is 2. The lowest BCUT2D eigenvalue weighted by Crippen LogP contribution is -2.15. The molecule has 0 atom stereocenters. The van der Waals surface area contributed by atoms with Gasteiger partial charge in [0.25, 0.3) is 10.0 Å². The maximum atomic E-state index is 12.1. The molecule has 7 heteroatoms. The van der Waals surface area contributed by atoms with Crippen LogP contribution in [0.25, 0.3) is 0 Å². The molecule has 0 spiro atoms. The molecule has 1 aromatic heterocycles. The van der Waals surface area contributed by atoms with E-state index in [1.54, 1.807) is 25.1 Å². The van der Waals surface area contributed by atoms with Crippen molar-refractivity contribution in [2.75, 3.05) is 4.72 Å². The van der Waals surface area contributed by atoms with Crippen molar-refractivity contribution in [3.8, 4) is 0 Å². The summed E-state index contributed by atoms with van der Waals surface area (Å²) in [6.07, 6.45) is 1.19. The van der Waals surface area contributed by atoms with Crippen molar-refractivity contribution in [1.82, 2.24) is 9.97 Å². The number of hydrogen-bond acceptors (Lipinski definition) is 4. The molecular weight excluding hydrogens is 274 g/mol. The minimum absolute atomic E-state index is 0.137. The predicted molar refractivity (Wildman–Crippen MR) is 69.0 cm³/mol. The second-order valence-corrected chi connectivity index (χ2v) is 5.64. The predicted octanol–water partition coefficient (Wildman–Crippen LogP) is 2.24. The zero-order valence-corrected chi connectivity index (χ0v) is 11.0. The Hall–Kier alpha value is -1.66. The van der Waals surface area contributed by atoms with E-state index in [0.29, 0.717) is 5.56 Å². The van der Waals surface area contributed by atoms with Gasteiger partial charge in [0, 0.05) is 6.07 Å². The Morgan fingerprint density at radius 1 is 1.22 bits per heavy atom. The van der Waals surface area contributed by atoms with E-state index in [1.807, 2.05) is 0 Å². The van der Waals surface area contributed by atoms with Gasteiger partial charge in [-0.2, -0.15) is 0 Å². The molecule has 5 nitrogen and oxygen atoms in total. The van der Waals surface area contributed by atoms with Crippen molar-refractivity contribution in [3.63, 3.8) is 0 Å². The van der Waals surface area contributed by atoms with Crippen LogP contribution in [0.1, 0.15) is 5.56 Å². The molecule has 0 aliphatic rings. The van der Waals surface area contributed by atoms with E-state index in [-0.39, 0.29) is 15.9 Å². The summed E-state index contributed by atoms with van der Waals surface area (Å²) in [5.41, 5.74) is 0.658. The average Bonchev–Trinajstić information content (AvgIpc) is 2.28. The normalized spacial score (nSPS) is 11.2. The molecule has 2 aromatic rings. The summed E-state index contributed by atoms with van der Waals surface area (Å²) in [4.78, 5) is 7.68. The molecule has 0 fully saturated rings. The molecule has 1 N–H and O–H groups in total. The van der Waals surface area contributed by atoms with E-state index in [4.69, 9.17) is 11.6 Å². The van der Waals surface area contributed by atoms with Crippen molar-refractivity contribution in [2.45, 2.75) is 11.8 Å². The van der Waals surface area contributed by atoms with Crippen LogP contribution < -0.4 is 4.72 Å². The van der Waals surface area contributed by atoms with E-state index in [1.165, 1.54) is 18.5 Å². The number of benzene rings is 1. The summed E-state index contributed by atoms with van der Waals surface area (Å²) in [5.74, 6) is 0.137. The van der Waals surface area contributed by atoms with Gasteiger partial charge in [0.05, 0.1) is 4.90 Å². The minimum atomic E-state index is -3.66. The molecule has 0 saturated carbocycles. The first-order valence-corrected chi connectivity index (χ1v) is 6.91. The lowest BCUT2D eigenvalue weighted by Gasteiger charge is -2.09. The van der Waals surface area contributed by atoms with Crippen molar-refractivity contribution in [2.24, 2.45) is 0 Å². The molecule has 1 heterocycles. The van der Waals surface area contributed by atoms with Crippen LogP contribution in [0.4, 0.5) is 5.82 Å². The van der Waals surface area contributed by atoms with E-state index in [2.05, 4.69) is 14.7 Å². The molecule has 0 aliphatic heterocycles. The van der Waals surface area contributed by atoms with Crippen LogP contribution in [0.5, 0.6) is 0 Å². The van der Waals surface area contributed by atoms with Crippen molar-refractivity contribution < 1.29 is 8.42 Å². The molecule has 0 radical (unpaired) electrons. The van der Waals surface area contributed by atoms with E-state index in [9.17, 15) is 8.42 Å². The lowest BCUT2D eigenvalue weighted by molar-refractivity contribution is 0.600. The maximum Gasteiger partial charge on any atom is 0.263 e. The van der Waals surface area contributed by atoms with Crippen LogP contribution >= 0.6 is 11.6 Å². The number of hydrogen-bond donors (Lipinski definition) is 1. The summed E-state index contributed by atoms with van der Waals surface area (Å²) >= 11 is 5.67. The minimum Gasteiger partial charge on any atom is -0.263 e. The molecule has 0 bridgehead atoms. The van der Waals surface area contributed by atoms with Crippen molar-refractivity contribution in [1.29, 1.82) is 0 Å². The number of anilines is 1. The van der Waals surface area contributed by atoms with Crippen LogP contribution in [0.3, 0.4) is 0 Å². The summed E-state index contributed by atoms with van der Waals surface area (Å²) in [7, 11) is -3.66. The third-order valence-corrected chi connectivity index (χ3v) is 3.98. The van der Waals surface area contributed by atoms with Crippen LogP contribution in [-0.2, 0) is 10.0 Å². The molecular formula is C11H10ClN3O2S. The molecule has 0 aliphatic carbocycles. The summed E-state index contributed by atoms with van der Waals surface area (Å²) in [6, 6.07) is 8.03. The largest absolute Gasteiger partial charge is 0.263 e. The van der Waals surface area contributed by atoms with Gasteiger partial charge < -0.3 is 0 Å². The van der Waals surface area contributed by atoms with Crippen LogP contribution in [0, 0.1) is 6.92 Å². The molecule has 0 amide bonds. The highest BCUT2D eigenvalue weighted by molar-refractivity contribution is 7.92. The smallest absolute Gasteiger partial charge is 0.263 e. The molecule has 94 valence electrons. The second kappa shape index (κ2) is 4.91. The first-order valence-electron chi connectivity index (χ1n) is 5.05. The molecule has 1 aromatic carbocycles. The topological polar surface area (TPSA) is 72.0 Å². The van der Waals surface area contributed by atoms with Gasteiger partial charge in [-0.1, -0.05) is 29.8 Å². The molecule has 0 saturated heterocycles. The Kier molecular flexibility index (Phi) is 3.49. The van der Waals surface area contributed by atoms with Gasteiger partial charge in [-0.25, -0.2) is 18.4 Å². The molecule has 18 heavy (non-hydrogen) atoms. The number of nitrogens with zero attached hydrogens (tertiary/aromatic N) is 2. The second-order valence-electron chi connectivity index (χ2n) is 3.60. The fourth-order valence-corrected chi connectivity index (χ4v) is 2.83. The highest BCUT2D eigenvalue weighted by Crippen LogP contribution is 2.18. The summed E-state index contributed by atoms with van der Waals surface area (Å²) in [6.45, 7) is 1.72. The Balaban J connectivity index is 2.37. The monoisotopic (exact) mass is 283 g/mol. The zero-order chi connectivity index (χ0) is 13.2. The molecule has 2 rings (SSSR count). The van der Waals surface area contributed by atoms with Crippen molar-refractivity contribution >= 4 is 27.4 Å². The van der Waals surface area contributed by atoms with E-state index >= 15 is 0 Å². The highest BCUT2D eigenvalue weighted by Gasteiger charge is 2.16. The van der Waals surface area contributed by atoms with Gasteiger partial charge in [0.1, 0.15) is 17.3 Å².